The van der Waals surface area contributed by atoms with Gasteiger partial charge in [-0.25, -0.2) is 10.1 Å². The number of fused-ring (bicyclic) bond motifs is 1. The number of aliphatic hydroxyl groups excluding tert-OH is 1. The quantitative estimate of drug-likeness (QED) is 0.404. The van der Waals surface area contributed by atoms with E-state index in [4.69, 9.17) is 19.7 Å². The van der Waals surface area contributed by atoms with Gasteiger partial charge >= 0.3 is 6.72 Å². The van der Waals surface area contributed by atoms with Crippen molar-refractivity contribution in [1.29, 1.82) is 0 Å². The summed E-state index contributed by atoms with van der Waals surface area (Å²) >= 11 is 1.11. The number of aromatic nitrogens is 4. The van der Waals surface area contributed by atoms with Crippen molar-refractivity contribution in [3.05, 3.63) is 6.33 Å². The number of aliphatic hydroxyl groups is 2. The van der Waals surface area contributed by atoms with Gasteiger partial charge in [0.25, 0.3) is 0 Å². The van der Waals surface area contributed by atoms with Crippen LogP contribution in [0.3, 0.4) is 0 Å². The summed E-state index contributed by atoms with van der Waals surface area (Å²) in [7, 11) is 1.41. The van der Waals surface area contributed by atoms with E-state index in [1.807, 2.05) is 0 Å². The van der Waals surface area contributed by atoms with Crippen LogP contribution in [0.15, 0.2) is 6.33 Å². The third kappa shape index (κ3) is 4.61. The van der Waals surface area contributed by atoms with Crippen LogP contribution in [0.25, 0.3) is 11.2 Å². The molecule has 2 aromatic heterocycles. The van der Waals surface area contributed by atoms with Crippen molar-refractivity contribution in [1.82, 2.24) is 24.6 Å². The Kier molecular flexibility index (Phi) is 6.71. The first kappa shape index (κ1) is 24.3. The number of carbonyl (C=O) groups is 1. The van der Waals surface area contributed by atoms with E-state index in [-0.39, 0.29) is 29.9 Å². The summed E-state index contributed by atoms with van der Waals surface area (Å²) in [5.41, 5.74) is 4.54. The second kappa shape index (κ2) is 9.10. The van der Waals surface area contributed by atoms with Gasteiger partial charge in [0.15, 0.2) is 17.4 Å². The largest absolute Gasteiger partial charge is 0.479 e. The number of nitrogens with two attached hydrogens (primary N) is 1. The van der Waals surface area contributed by atoms with Crippen molar-refractivity contribution in [2.24, 2.45) is 0 Å². The second-order valence-electron chi connectivity index (χ2n) is 8.17. The topological polar surface area (TPSA) is 184 Å². The number of anilines is 1. The molecule has 4 heterocycles. The Hall–Kier alpha value is -1.80. The first-order valence-corrected chi connectivity index (χ1v) is 13.5. The van der Waals surface area contributed by atoms with Crippen LogP contribution in [0.5, 0.6) is 5.88 Å². The lowest BCUT2D eigenvalue weighted by molar-refractivity contribution is -0.118. The van der Waals surface area contributed by atoms with Crippen molar-refractivity contribution in [2.45, 2.75) is 56.8 Å². The summed E-state index contributed by atoms with van der Waals surface area (Å²) in [6.45, 7) is -0.858. The summed E-state index contributed by atoms with van der Waals surface area (Å²) in [5, 5.41) is 24.7. The zero-order valence-corrected chi connectivity index (χ0v) is 20.1. The number of hydrogen-bond acceptors (Lipinski definition) is 12. The van der Waals surface area contributed by atoms with Crippen LogP contribution in [0, 0.1) is 0 Å². The third-order valence-electron chi connectivity index (χ3n) is 5.72. The molecule has 0 aromatic carbocycles. The molecule has 6 atom stereocenters. The van der Waals surface area contributed by atoms with Crippen LogP contribution in [0.4, 0.5) is 5.95 Å². The Morgan fingerprint density at radius 3 is 2.97 bits per heavy atom. The zero-order chi connectivity index (χ0) is 24.0. The maximum Gasteiger partial charge on any atom is 0.327 e. The van der Waals surface area contributed by atoms with E-state index in [1.54, 1.807) is 0 Å². The first-order chi connectivity index (χ1) is 15.6. The number of Topliss-reactive ketones (excluding diaryl/α,β-unsaturated/α-hetero) is 1. The molecule has 2 saturated heterocycles. The Morgan fingerprint density at radius 2 is 2.27 bits per heavy atom. The van der Waals surface area contributed by atoms with E-state index in [0.29, 0.717) is 17.7 Å². The SMILES string of the molecule is COc1nc(N)nc2c1ncn2[C@@H]1O[C@H](COP2(=O)N[C@H](C(C)=O)CCCS2)[C@@H](O)[C@@]1(C)O. The maximum atomic E-state index is 13.2. The van der Waals surface area contributed by atoms with Gasteiger partial charge in [0.1, 0.15) is 23.6 Å². The Morgan fingerprint density at radius 1 is 1.52 bits per heavy atom. The van der Waals surface area contributed by atoms with E-state index in [2.05, 4.69) is 20.0 Å². The molecule has 5 N–H and O–H groups in total. The minimum atomic E-state index is -3.42. The molecule has 0 amide bonds. The van der Waals surface area contributed by atoms with E-state index in [1.165, 1.54) is 31.9 Å². The zero-order valence-electron chi connectivity index (χ0n) is 18.4. The number of rotatable bonds is 6. The summed E-state index contributed by atoms with van der Waals surface area (Å²) in [6.07, 6.45) is -0.846. The molecule has 0 aliphatic carbocycles. The number of imidazole rings is 1. The van der Waals surface area contributed by atoms with Crippen LogP contribution in [-0.2, 0) is 18.6 Å². The molecule has 2 aliphatic rings. The molecule has 33 heavy (non-hydrogen) atoms. The van der Waals surface area contributed by atoms with Gasteiger partial charge < -0.3 is 29.9 Å². The van der Waals surface area contributed by atoms with Gasteiger partial charge in [-0.3, -0.25) is 13.9 Å². The monoisotopic (exact) mass is 502 g/mol. The Bertz CT molecular complexity index is 1100. The van der Waals surface area contributed by atoms with E-state index >= 15 is 0 Å². The molecule has 13 nitrogen and oxygen atoms in total. The van der Waals surface area contributed by atoms with Gasteiger partial charge in [-0.1, -0.05) is 11.4 Å². The van der Waals surface area contributed by atoms with Gasteiger partial charge in [0, 0.05) is 5.75 Å². The second-order valence-corrected chi connectivity index (χ2v) is 12.6. The predicted octanol–water partition coefficient (Wildman–Crippen LogP) is 0.625. The average molecular weight is 502 g/mol. The Balaban J connectivity index is 1.55. The molecule has 2 aromatic rings. The van der Waals surface area contributed by atoms with Crippen molar-refractivity contribution < 1.29 is 33.6 Å². The third-order valence-corrected chi connectivity index (χ3v) is 9.85. The van der Waals surface area contributed by atoms with Gasteiger partial charge in [0.2, 0.25) is 11.8 Å². The standard InChI is InChI=1S/C18H27N6O7PS/c1-9(25)10-5-4-6-33-32(28,23-10)30-7-11-13(26)18(2,27)16(31-11)24-8-20-12-14(24)21-17(19)22-15(12)29-3/h8,10-11,13,16,26-27H,4-7H2,1-3H3,(H,23,28)(H2,19,21,22)/t10-,11+,13+,16+,18+,32?/m0/s1. The molecule has 4 rings (SSSR count). The van der Waals surface area contributed by atoms with E-state index in [0.717, 1.165) is 17.8 Å². The normalized spacial score (nSPS) is 34.9. The maximum absolute atomic E-state index is 13.2. The number of nitrogen functional groups attached to an aromatic ring is 1. The number of hydrogen-bond donors (Lipinski definition) is 4. The minimum absolute atomic E-state index is 0.0613. The lowest BCUT2D eigenvalue weighted by atomic mass is 9.96. The fourth-order valence-corrected chi connectivity index (χ4v) is 7.82. The molecule has 0 spiro atoms. The molecular weight excluding hydrogens is 475 g/mol. The molecular formula is C18H27N6O7PS. The number of ketones is 1. The van der Waals surface area contributed by atoms with E-state index in [9.17, 15) is 19.6 Å². The fourth-order valence-electron chi connectivity index (χ4n) is 3.90. The Labute approximate surface area is 193 Å². The highest BCUT2D eigenvalue weighted by Gasteiger charge is 2.54. The van der Waals surface area contributed by atoms with Crippen LogP contribution < -0.4 is 15.6 Å². The minimum Gasteiger partial charge on any atom is -0.479 e. The highest BCUT2D eigenvalue weighted by molar-refractivity contribution is 8.56. The highest BCUT2D eigenvalue weighted by atomic mass is 32.7. The molecule has 1 unspecified atom stereocenters. The fraction of sp³-hybridized carbons (Fsp3) is 0.667. The highest BCUT2D eigenvalue weighted by Crippen LogP contribution is 2.58. The van der Waals surface area contributed by atoms with Crippen LogP contribution in [-0.4, -0.2) is 78.8 Å². The molecule has 0 saturated carbocycles. The van der Waals surface area contributed by atoms with Gasteiger partial charge in [-0.05, 0) is 26.7 Å². The van der Waals surface area contributed by atoms with Crippen molar-refractivity contribution in [2.75, 3.05) is 25.2 Å². The van der Waals surface area contributed by atoms with Gasteiger partial charge in [-0.15, -0.1) is 0 Å². The number of ether oxygens (including phenoxy) is 2. The lowest BCUT2D eigenvalue weighted by Gasteiger charge is -2.27. The van der Waals surface area contributed by atoms with Crippen molar-refractivity contribution >= 4 is 41.0 Å². The smallest absolute Gasteiger partial charge is 0.327 e. The number of nitrogens with one attached hydrogen (secondary N) is 1. The molecule has 2 fully saturated rings. The average Bonchev–Trinajstić information content (AvgIpc) is 3.18. The molecule has 2 aliphatic heterocycles. The van der Waals surface area contributed by atoms with Crippen LogP contribution in [0.2, 0.25) is 0 Å². The first-order valence-electron chi connectivity index (χ1n) is 10.3. The van der Waals surface area contributed by atoms with E-state index < -0.39 is 36.8 Å². The van der Waals surface area contributed by atoms with Crippen molar-refractivity contribution in [3.8, 4) is 5.88 Å². The lowest BCUT2D eigenvalue weighted by Crippen LogP contribution is -2.44. The summed E-state index contributed by atoms with van der Waals surface area (Å²) in [6, 6.07) is -0.562. The summed E-state index contributed by atoms with van der Waals surface area (Å²) in [5.74, 6) is 0.537. The molecule has 182 valence electrons. The summed E-state index contributed by atoms with van der Waals surface area (Å²) in [4.78, 5) is 24.2. The number of methoxy groups -OCH3 is 1. The summed E-state index contributed by atoms with van der Waals surface area (Å²) < 4.78 is 31.4. The van der Waals surface area contributed by atoms with Gasteiger partial charge in [-0.2, -0.15) is 9.97 Å². The number of nitrogens with zero attached hydrogens (tertiary/aromatic N) is 4. The number of carbonyl (C=O) groups excluding carboxylic acids is 1. The molecule has 0 bridgehead atoms. The van der Waals surface area contributed by atoms with Gasteiger partial charge in [0.05, 0.1) is 26.1 Å². The van der Waals surface area contributed by atoms with Crippen LogP contribution in [0.1, 0.15) is 32.9 Å². The van der Waals surface area contributed by atoms with Crippen molar-refractivity contribution in [3.63, 3.8) is 0 Å². The van der Waals surface area contributed by atoms with Crippen LogP contribution >= 0.6 is 18.1 Å². The molecule has 15 heteroatoms. The molecule has 0 radical (unpaired) electrons. The predicted molar refractivity (Wildman–Crippen MR) is 120 cm³/mol.